The third-order valence-electron chi connectivity index (χ3n) is 2.87. The van der Waals surface area contributed by atoms with E-state index < -0.39 is 5.97 Å². The van der Waals surface area contributed by atoms with Crippen LogP contribution >= 0.6 is 11.3 Å². The predicted octanol–water partition coefficient (Wildman–Crippen LogP) is 2.66. The molecule has 2 aromatic rings. The zero-order chi connectivity index (χ0) is 16.3. The second-order valence-corrected chi connectivity index (χ2v) is 5.86. The summed E-state index contributed by atoms with van der Waals surface area (Å²) < 4.78 is 6.58. The van der Waals surface area contributed by atoms with Crippen LogP contribution in [-0.2, 0) is 4.74 Å². The molecule has 0 unspecified atom stereocenters. The van der Waals surface area contributed by atoms with Crippen molar-refractivity contribution in [2.45, 2.75) is 33.7 Å². The quantitative estimate of drug-likeness (QED) is 0.855. The van der Waals surface area contributed by atoms with Crippen molar-refractivity contribution in [3.8, 4) is 0 Å². The van der Waals surface area contributed by atoms with Crippen LogP contribution in [0.4, 0.5) is 5.13 Å². The highest BCUT2D eigenvalue weighted by Gasteiger charge is 2.19. The Morgan fingerprint density at radius 1 is 1.45 bits per heavy atom. The van der Waals surface area contributed by atoms with Gasteiger partial charge in [-0.3, -0.25) is 14.8 Å². The van der Waals surface area contributed by atoms with Crippen molar-refractivity contribution in [1.82, 2.24) is 14.8 Å². The third kappa shape index (κ3) is 3.33. The predicted molar refractivity (Wildman–Crippen MR) is 83.4 cm³/mol. The Kier molecular flexibility index (Phi) is 4.92. The van der Waals surface area contributed by atoms with Crippen LogP contribution in [0.15, 0.2) is 12.3 Å². The number of amides is 1. The van der Waals surface area contributed by atoms with Crippen LogP contribution in [0, 0.1) is 6.92 Å². The van der Waals surface area contributed by atoms with Crippen molar-refractivity contribution >= 4 is 28.3 Å². The van der Waals surface area contributed by atoms with Gasteiger partial charge < -0.3 is 4.74 Å². The van der Waals surface area contributed by atoms with E-state index in [4.69, 9.17) is 4.74 Å². The standard InChI is InChI=1S/C14H18N4O3S/c1-5-21-13(20)11-9(4)16-14(22-11)17-12(19)10-6-7-15-18(10)8(2)3/h6-8H,5H2,1-4H3,(H,16,17,19). The van der Waals surface area contributed by atoms with Crippen LogP contribution in [0.25, 0.3) is 0 Å². The molecule has 0 radical (unpaired) electrons. The van der Waals surface area contributed by atoms with Gasteiger partial charge in [0.2, 0.25) is 0 Å². The molecule has 2 aromatic heterocycles. The van der Waals surface area contributed by atoms with Gasteiger partial charge in [-0.05, 0) is 33.8 Å². The third-order valence-corrected chi connectivity index (χ3v) is 3.92. The summed E-state index contributed by atoms with van der Waals surface area (Å²) in [5.41, 5.74) is 0.983. The molecule has 1 N–H and O–H groups in total. The Balaban J connectivity index is 2.17. The number of aromatic nitrogens is 3. The Morgan fingerprint density at radius 3 is 2.82 bits per heavy atom. The second kappa shape index (κ2) is 6.69. The van der Waals surface area contributed by atoms with Crippen LogP contribution in [-0.4, -0.2) is 33.2 Å². The average Bonchev–Trinajstić information content (AvgIpc) is 3.05. The van der Waals surface area contributed by atoms with Crippen molar-refractivity contribution in [3.63, 3.8) is 0 Å². The van der Waals surface area contributed by atoms with E-state index >= 15 is 0 Å². The van der Waals surface area contributed by atoms with Gasteiger partial charge in [0, 0.05) is 12.2 Å². The van der Waals surface area contributed by atoms with Crippen molar-refractivity contribution in [2.24, 2.45) is 0 Å². The van der Waals surface area contributed by atoms with Crippen molar-refractivity contribution in [3.05, 3.63) is 28.5 Å². The number of aryl methyl sites for hydroxylation is 1. The minimum absolute atomic E-state index is 0.0730. The van der Waals surface area contributed by atoms with Crippen molar-refractivity contribution in [1.29, 1.82) is 0 Å². The number of anilines is 1. The minimum atomic E-state index is -0.426. The molecule has 0 aromatic carbocycles. The maximum Gasteiger partial charge on any atom is 0.350 e. The zero-order valence-corrected chi connectivity index (χ0v) is 13.7. The number of ether oxygens (including phenoxy) is 1. The van der Waals surface area contributed by atoms with Crippen LogP contribution in [0.5, 0.6) is 0 Å². The topological polar surface area (TPSA) is 86.1 Å². The van der Waals surface area contributed by atoms with Crippen molar-refractivity contribution < 1.29 is 14.3 Å². The Hall–Kier alpha value is -2.22. The van der Waals surface area contributed by atoms with Gasteiger partial charge >= 0.3 is 5.97 Å². The summed E-state index contributed by atoms with van der Waals surface area (Å²) in [6, 6.07) is 1.71. The maximum absolute atomic E-state index is 12.3. The number of carbonyl (C=O) groups excluding carboxylic acids is 2. The summed E-state index contributed by atoms with van der Waals surface area (Å²) in [6.45, 7) is 7.62. The number of nitrogens with one attached hydrogen (secondary N) is 1. The molecular formula is C14H18N4O3S. The van der Waals surface area contributed by atoms with Gasteiger partial charge in [0.15, 0.2) is 5.13 Å². The molecule has 0 spiro atoms. The van der Waals surface area contributed by atoms with E-state index in [2.05, 4.69) is 15.4 Å². The molecular weight excluding hydrogens is 304 g/mol. The highest BCUT2D eigenvalue weighted by molar-refractivity contribution is 7.17. The number of rotatable bonds is 5. The molecule has 0 saturated carbocycles. The SMILES string of the molecule is CCOC(=O)c1sc(NC(=O)c2ccnn2C(C)C)nc1C. The highest BCUT2D eigenvalue weighted by atomic mass is 32.1. The smallest absolute Gasteiger partial charge is 0.350 e. The molecule has 118 valence electrons. The lowest BCUT2D eigenvalue weighted by molar-refractivity contribution is 0.0531. The molecule has 22 heavy (non-hydrogen) atoms. The summed E-state index contributed by atoms with van der Waals surface area (Å²) >= 11 is 1.10. The van der Waals surface area contributed by atoms with E-state index in [-0.39, 0.29) is 11.9 Å². The fourth-order valence-corrected chi connectivity index (χ4v) is 2.76. The number of carbonyl (C=O) groups is 2. The molecule has 0 aliphatic rings. The number of hydrogen-bond donors (Lipinski definition) is 1. The number of esters is 1. The molecule has 1 amide bonds. The summed E-state index contributed by atoms with van der Waals surface area (Å²) in [5, 5.41) is 7.18. The first-order chi connectivity index (χ1) is 10.4. The highest BCUT2D eigenvalue weighted by Crippen LogP contribution is 2.24. The fourth-order valence-electron chi connectivity index (χ4n) is 1.90. The first-order valence-corrected chi connectivity index (χ1v) is 7.75. The minimum Gasteiger partial charge on any atom is -0.462 e. The molecule has 0 atom stereocenters. The zero-order valence-electron chi connectivity index (χ0n) is 12.9. The number of hydrogen-bond acceptors (Lipinski definition) is 6. The van der Waals surface area contributed by atoms with E-state index in [0.29, 0.717) is 28.0 Å². The van der Waals surface area contributed by atoms with E-state index in [1.165, 1.54) is 0 Å². The van der Waals surface area contributed by atoms with Gasteiger partial charge in [-0.25, -0.2) is 9.78 Å². The molecule has 8 heteroatoms. The molecule has 0 aliphatic heterocycles. The molecule has 2 heterocycles. The molecule has 7 nitrogen and oxygen atoms in total. The van der Waals surface area contributed by atoms with E-state index in [1.54, 1.807) is 30.8 Å². The maximum atomic E-state index is 12.3. The fraction of sp³-hybridized carbons (Fsp3) is 0.429. The van der Waals surface area contributed by atoms with Crippen LogP contribution in [0.3, 0.4) is 0 Å². The van der Waals surface area contributed by atoms with Crippen LogP contribution in [0.1, 0.15) is 52.7 Å². The van der Waals surface area contributed by atoms with E-state index in [1.807, 2.05) is 13.8 Å². The Morgan fingerprint density at radius 2 is 2.18 bits per heavy atom. The first-order valence-electron chi connectivity index (χ1n) is 6.93. The normalized spacial score (nSPS) is 10.8. The summed E-state index contributed by atoms with van der Waals surface area (Å²) in [4.78, 5) is 28.6. The van der Waals surface area contributed by atoms with Gasteiger partial charge in [-0.1, -0.05) is 11.3 Å². The molecule has 2 rings (SSSR count). The Bertz CT molecular complexity index is 690. The second-order valence-electron chi connectivity index (χ2n) is 4.86. The van der Waals surface area contributed by atoms with Gasteiger partial charge in [0.25, 0.3) is 5.91 Å². The molecule has 0 fully saturated rings. The summed E-state index contributed by atoms with van der Waals surface area (Å²) in [6.07, 6.45) is 1.58. The lowest BCUT2D eigenvalue weighted by Crippen LogP contribution is -2.18. The monoisotopic (exact) mass is 322 g/mol. The number of nitrogens with zero attached hydrogens (tertiary/aromatic N) is 3. The summed E-state index contributed by atoms with van der Waals surface area (Å²) in [5.74, 6) is -0.736. The van der Waals surface area contributed by atoms with Gasteiger partial charge in [-0.2, -0.15) is 5.10 Å². The van der Waals surface area contributed by atoms with Gasteiger partial charge in [-0.15, -0.1) is 0 Å². The van der Waals surface area contributed by atoms with Gasteiger partial charge in [0.1, 0.15) is 10.6 Å². The lowest BCUT2D eigenvalue weighted by atomic mass is 10.3. The first kappa shape index (κ1) is 16.2. The molecule has 0 aliphatic carbocycles. The average molecular weight is 322 g/mol. The van der Waals surface area contributed by atoms with Crippen molar-refractivity contribution in [2.75, 3.05) is 11.9 Å². The lowest BCUT2D eigenvalue weighted by Gasteiger charge is -2.09. The summed E-state index contributed by atoms with van der Waals surface area (Å²) in [7, 11) is 0. The molecule has 0 saturated heterocycles. The van der Waals surface area contributed by atoms with E-state index in [0.717, 1.165) is 11.3 Å². The largest absolute Gasteiger partial charge is 0.462 e. The Labute approximate surface area is 132 Å². The van der Waals surface area contributed by atoms with Crippen LogP contribution in [0.2, 0.25) is 0 Å². The number of thiazole rings is 1. The van der Waals surface area contributed by atoms with Gasteiger partial charge in [0.05, 0.1) is 12.3 Å². The van der Waals surface area contributed by atoms with Crippen LogP contribution < -0.4 is 5.32 Å². The molecule has 0 bridgehead atoms. The van der Waals surface area contributed by atoms with E-state index in [9.17, 15) is 9.59 Å².